The van der Waals surface area contributed by atoms with E-state index in [0.29, 0.717) is 17.8 Å². The average molecular weight is 409 g/mol. The molecule has 0 saturated carbocycles. The molecule has 2 rings (SSSR count). The number of para-hydroxylation sites is 1. The molecule has 0 spiro atoms. The van der Waals surface area contributed by atoms with Crippen LogP contribution >= 0.6 is 23.2 Å². The van der Waals surface area contributed by atoms with E-state index in [0.717, 1.165) is 6.42 Å². The maximum atomic E-state index is 12.5. The average Bonchev–Trinajstić information content (AvgIpc) is 2.58. The van der Waals surface area contributed by atoms with Gasteiger partial charge in [0.2, 0.25) is 0 Å². The molecule has 0 aliphatic carbocycles. The van der Waals surface area contributed by atoms with Crippen LogP contribution in [0.5, 0.6) is 5.75 Å². The molecule has 2 amide bonds. The third kappa shape index (κ3) is 5.88. The summed E-state index contributed by atoms with van der Waals surface area (Å²) < 4.78 is 0. The van der Waals surface area contributed by atoms with Crippen molar-refractivity contribution in [1.82, 2.24) is 5.32 Å². The second-order valence-corrected chi connectivity index (χ2v) is 8.17. The largest absolute Gasteiger partial charge is 0.505 e. The molecule has 2 aromatic carbocycles. The Morgan fingerprint density at radius 1 is 1.04 bits per heavy atom. The smallest absolute Gasteiger partial charge is 0.255 e. The van der Waals surface area contributed by atoms with Crippen LogP contribution in [0.3, 0.4) is 0 Å². The predicted octanol–water partition coefficient (Wildman–Crippen LogP) is 5.12. The van der Waals surface area contributed by atoms with E-state index in [9.17, 15) is 14.7 Å². The summed E-state index contributed by atoms with van der Waals surface area (Å²) in [6.07, 6.45) is 0.831. The first kappa shape index (κ1) is 21.1. The molecule has 0 atom stereocenters. The lowest BCUT2D eigenvalue weighted by Crippen LogP contribution is -2.28. The van der Waals surface area contributed by atoms with Gasteiger partial charge in [-0.25, -0.2) is 0 Å². The summed E-state index contributed by atoms with van der Waals surface area (Å²) in [5.74, 6) is -1.04. The fourth-order valence-corrected chi connectivity index (χ4v) is 2.81. The van der Waals surface area contributed by atoms with Crippen LogP contribution in [0, 0.1) is 5.41 Å². The fourth-order valence-electron chi connectivity index (χ4n) is 2.33. The van der Waals surface area contributed by atoms with Crippen LogP contribution in [0.4, 0.5) is 5.69 Å². The van der Waals surface area contributed by atoms with Crippen molar-refractivity contribution in [2.24, 2.45) is 5.41 Å². The van der Waals surface area contributed by atoms with E-state index in [2.05, 4.69) is 31.4 Å². The fraction of sp³-hybridized carbons (Fsp3) is 0.300. The molecule has 144 valence electrons. The highest BCUT2D eigenvalue weighted by Gasteiger charge is 2.17. The highest BCUT2D eigenvalue weighted by Crippen LogP contribution is 2.33. The Kier molecular flexibility index (Phi) is 6.73. The number of nitrogens with one attached hydrogen (secondary N) is 2. The molecule has 0 aliphatic rings. The zero-order chi connectivity index (χ0) is 20.2. The molecule has 27 heavy (non-hydrogen) atoms. The van der Waals surface area contributed by atoms with Gasteiger partial charge < -0.3 is 15.7 Å². The first-order valence-corrected chi connectivity index (χ1v) is 9.20. The van der Waals surface area contributed by atoms with Crippen molar-refractivity contribution < 1.29 is 14.7 Å². The SMILES string of the molecule is CC(C)(C)CCNC(=O)c1ccccc1NC(=O)c1cc(Cl)c(O)c(Cl)c1. The van der Waals surface area contributed by atoms with Crippen molar-refractivity contribution in [3.8, 4) is 5.75 Å². The molecule has 0 aromatic heterocycles. The van der Waals surface area contributed by atoms with Gasteiger partial charge in [-0.2, -0.15) is 0 Å². The van der Waals surface area contributed by atoms with Gasteiger partial charge in [-0.3, -0.25) is 9.59 Å². The summed E-state index contributed by atoms with van der Waals surface area (Å²) in [5, 5.41) is 15.1. The van der Waals surface area contributed by atoms with E-state index in [1.807, 2.05) is 0 Å². The lowest BCUT2D eigenvalue weighted by atomic mass is 9.92. The van der Waals surface area contributed by atoms with Gasteiger partial charge in [0.1, 0.15) is 0 Å². The first-order chi connectivity index (χ1) is 12.6. The molecule has 5 nitrogen and oxygen atoms in total. The van der Waals surface area contributed by atoms with Gasteiger partial charge in [-0.15, -0.1) is 0 Å². The van der Waals surface area contributed by atoms with Crippen LogP contribution in [0.1, 0.15) is 47.9 Å². The lowest BCUT2D eigenvalue weighted by molar-refractivity contribution is 0.0950. The Bertz CT molecular complexity index is 838. The number of hydrogen-bond donors (Lipinski definition) is 3. The molecule has 0 fully saturated rings. The molecule has 0 unspecified atom stereocenters. The molecule has 3 N–H and O–H groups in total. The van der Waals surface area contributed by atoms with E-state index in [4.69, 9.17) is 23.2 Å². The van der Waals surface area contributed by atoms with Gasteiger partial charge >= 0.3 is 0 Å². The van der Waals surface area contributed by atoms with E-state index in [1.54, 1.807) is 24.3 Å². The Morgan fingerprint density at radius 2 is 1.63 bits per heavy atom. The van der Waals surface area contributed by atoms with Gasteiger partial charge in [-0.05, 0) is 36.1 Å². The molecule has 2 aromatic rings. The van der Waals surface area contributed by atoms with Crippen LogP contribution in [0.15, 0.2) is 36.4 Å². The zero-order valence-corrected chi connectivity index (χ0v) is 16.9. The number of carbonyl (C=O) groups excluding carboxylic acids is 2. The second-order valence-electron chi connectivity index (χ2n) is 7.35. The van der Waals surface area contributed by atoms with Crippen LogP contribution < -0.4 is 10.6 Å². The van der Waals surface area contributed by atoms with Crippen molar-refractivity contribution in [3.05, 3.63) is 57.6 Å². The molecule has 0 bridgehead atoms. The second kappa shape index (κ2) is 8.63. The van der Waals surface area contributed by atoms with E-state index in [-0.39, 0.29) is 32.7 Å². The topological polar surface area (TPSA) is 78.4 Å². The van der Waals surface area contributed by atoms with E-state index < -0.39 is 5.91 Å². The molecular formula is C20H22Cl2N2O3. The normalized spacial score (nSPS) is 11.1. The Morgan fingerprint density at radius 3 is 2.22 bits per heavy atom. The maximum Gasteiger partial charge on any atom is 0.255 e. The third-order valence-electron chi connectivity index (χ3n) is 3.86. The van der Waals surface area contributed by atoms with Gasteiger partial charge in [-0.1, -0.05) is 56.1 Å². The number of carbonyl (C=O) groups is 2. The maximum absolute atomic E-state index is 12.5. The summed E-state index contributed by atoms with van der Waals surface area (Å²) in [6, 6.07) is 9.34. The van der Waals surface area contributed by atoms with Gasteiger partial charge in [0.05, 0.1) is 21.3 Å². The number of anilines is 1. The minimum absolute atomic E-state index is 0.0270. The van der Waals surface area contributed by atoms with Crippen molar-refractivity contribution in [3.63, 3.8) is 0 Å². The number of rotatable bonds is 5. The molecule has 0 radical (unpaired) electrons. The Hall–Kier alpha value is -2.24. The quantitative estimate of drug-likeness (QED) is 0.642. The summed E-state index contributed by atoms with van der Waals surface area (Å²) in [7, 11) is 0. The number of amides is 2. The number of phenolic OH excluding ortho intramolecular Hbond substituents is 1. The lowest BCUT2D eigenvalue weighted by Gasteiger charge is -2.18. The molecule has 0 saturated heterocycles. The van der Waals surface area contributed by atoms with Crippen molar-refractivity contribution in [2.75, 3.05) is 11.9 Å². The number of phenols is 1. The van der Waals surface area contributed by atoms with Crippen molar-refractivity contribution in [2.45, 2.75) is 27.2 Å². The van der Waals surface area contributed by atoms with Crippen molar-refractivity contribution >= 4 is 40.7 Å². The van der Waals surface area contributed by atoms with Gasteiger partial charge in [0.15, 0.2) is 5.75 Å². The third-order valence-corrected chi connectivity index (χ3v) is 4.44. The summed E-state index contributed by atoms with van der Waals surface area (Å²) in [5.41, 5.74) is 1.01. The van der Waals surface area contributed by atoms with Crippen LogP contribution in [-0.2, 0) is 0 Å². The summed E-state index contributed by atoms with van der Waals surface area (Å²) in [4.78, 5) is 25.0. The number of halogens is 2. The van der Waals surface area contributed by atoms with Crippen LogP contribution in [0.25, 0.3) is 0 Å². The summed E-state index contributed by atoms with van der Waals surface area (Å²) in [6.45, 7) is 6.83. The summed E-state index contributed by atoms with van der Waals surface area (Å²) >= 11 is 11.7. The van der Waals surface area contributed by atoms with Crippen LogP contribution in [0.2, 0.25) is 10.0 Å². The first-order valence-electron chi connectivity index (χ1n) is 8.45. The highest BCUT2D eigenvalue weighted by atomic mass is 35.5. The van der Waals surface area contributed by atoms with Crippen molar-refractivity contribution in [1.29, 1.82) is 0 Å². The Balaban J connectivity index is 2.16. The highest BCUT2D eigenvalue weighted by molar-refractivity contribution is 6.37. The van der Waals surface area contributed by atoms with E-state index >= 15 is 0 Å². The monoisotopic (exact) mass is 408 g/mol. The minimum atomic E-state index is -0.492. The number of aromatic hydroxyl groups is 1. The van der Waals surface area contributed by atoms with Gasteiger partial charge in [0, 0.05) is 12.1 Å². The molecular weight excluding hydrogens is 387 g/mol. The Labute approximate surface area is 168 Å². The van der Waals surface area contributed by atoms with E-state index in [1.165, 1.54) is 12.1 Å². The van der Waals surface area contributed by atoms with Gasteiger partial charge in [0.25, 0.3) is 11.8 Å². The number of benzene rings is 2. The number of hydrogen-bond acceptors (Lipinski definition) is 3. The molecule has 0 aliphatic heterocycles. The zero-order valence-electron chi connectivity index (χ0n) is 15.4. The molecule has 0 heterocycles. The minimum Gasteiger partial charge on any atom is -0.505 e. The predicted molar refractivity (Wildman–Crippen MR) is 109 cm³/mol. The molecule has 7 heteroatoms. The van der Waals surface area contributed by atoms with Crippen LogP contribution in [-0.4, -0.2) is 23.5 Å². The standard InChI is InChI=1S/C20H22Cl2N2O3/c1-20(2,3)8-9-23-19(27)13-6-4-5-7-16(13)24-18(26)12-10-14(21)17(25)15(22)11-12/h4-7,10-11,25H,8-9H2,1-3H3,(H,23,27)(H,24,26).